The van der Waals surface area contributed by atoms with Crippen LogP contribution < -0.4 is 0 Å². The topological polar surface area (TPSA) is 0 Å². The average Bonchev–Trinajstić information content (AvgIpc) is 1.38. The van der Waals surface area contributed by atoms with Crippen LogP contribution in [0, 0.1) is 0 Å². The molecule has 1 radical (unpaired) electrons. The summed E-state index contributed by atoms with van der Waals surface area (Å²) in [5.41, 5.74) is 0. The highest BCUT2D eigenvalue weighted by atomic mass is 32.1. The van der Waals surface area contributed by atoms with E-state index >= 15 is 0 Å². The highest BCUT2D eigenvalue weighted by molar-refractivity contribution is 8.11. The molecule has 5 heavy (non-hydrogen) atoms. The Morgan fingerprint density at radius 2 is 2.00 bits per heavy atom. The van der Waals surface area contributed by atoms with E-state index in [0.717, 1.165) is 6.42 Å². The van der Waals surface area contributed by atoms with E-state index in [1.165, 1.54) is 0 Å². The molecule has 0 N–H and O–H groups in total. The maximum Gasteiger partial charge on any atom is 0.0777 e. The number of rotatable bonds is 1. The summed E-state index contributed by atoms with van der Waals surface area (Å²) in [6.07, 6.45) is 0.852. The van der Waals surface area contributed by atoms with Crippen molar-refractivity contribution in [3.05, 3.63) is 0 Å². The van der Waals surface area contributed by atoms with Gasteiger partial charge in [-0.15, -0.1) is 0 Å². The normalized spacial score (nSPS) is 7.40. The molecule has 0 atom stereocenters. The van der Waals surface area contributed by atoms with Crippen molar-refractivity contribution >= 4 is 29.0 Å². The van der Waals surface area contributed by atoms with Gasteiger partial charge in [0.1, 0.15) is 0 Å². The van der Waals surface area contributed by atoms with Crippen molar-refractivity contribution in [2.24, 2.45) is 0 Å². The molecule has 0 spiro atoms. The van der Waals surface area contributed by atoms with Crippen molar-refractivity contribution in [1.29, 1.82) is 0 Å². The smallest absolute Gasteiger partial charge is 0.0723 e. The van der Waals surface area contributed by atoms with Crippen LogP contribution in [-0.2, 0) is 0 Å². The van der Waals surface area contributed by atoms with Crippen LogP contribution in [0.4, 0.5) is 0 Å². The first-order valence-corrected chi connectivity index (χ1v) is 2.29. The lowest BCUT2D eigenvalue weighted by Crippen LogP contribution is -1.69. The van der Waals surface area contributed by atoms with Gasteiger partial charge in [-0.25, -0.2) is 0 Å². The van der Waals surface area contributed by atoms with E-state index in [-0.39, 0.29) is 0 Å². The maximum absolute atomic E-state index is 4.51. The molecule has 0 aromatic heterocycles. The van der Waals surface area contributed by atoms with E-state index in [1.54, 1.807) is 0 Å². The highest BCUT2D eigenvalue weighted by Crippen LogP contribution is 1.86. The molecule has 0 saturated heterocycles. The molecular weight excluding hydrogens is 100 g/mol. The zero-order chi connectivity index (χ0) is 4.28. The lowest BCUT2D eigenvalue weighted by Gasteiger charge is -1.72. The second kappa shape index (κ2) is 2.54. The van der Waals surface area contributed by atoms with Crippen LogP contribution in [-0.4, -0.2) is 4.20 Å². The van der Waals surface area contributed by atoms with Crippen LogP contribution in [0.5, 0.6) is 0 Å². The van der Waals surface area contributed by atoms with E-state index in [2.05, 4.69) is 24.8 Å². The van der Waals surface area contributed by atoms with Gasteiger partial charge in [0.15, 0.2) is 0 Å². The monoisotopic (exact) mass is 105 g/mol. The molecule has 0 heterocycles. The quantitative estimate of drug-likeness (QED) is 0.459. The van der Waals surface area contributed by atoms with Crippen molar-refractivity contribution in [2.45, 2.75) is 13.3 Å². The molecule has 0 amide bonds. The van der Waals surface area contributed by atoms with Gasteiger partial charge < -0.3 is 0 Å². The largest absolute Gasteiger partial charge is 0.0777 e. The van der Waals surface area contributed by atoms with Crippen molar-refractivity contribution in [1.82, 2.24) is 0 Å². The Morgan fingerprint density at radius 3 is 2.00 bits per heavy atom. The third-order valence-electron chi connectivity index (χ3n) is 0.289. The maximum atomic E-state index is 4.51. The van der Waals surface area contributed by atoms with Crippen molar-refractivity contribution in [2.75, 3.05) is 0 Å². The molecule has 0 unspecified atom stereocenters. The van der Waals surface area contributed by atoms with Crippen LogP contribution >= 0.6 is 24.8 Å². The third kappa shape index (κ3) is 4.31. The number of hydrogen-bond donors (Lipinski definition) is 0. The summed E-state index contributed by atoms with van der Waals surface area (Å²) in [6.45, 7) is 1.95. The van der Waals surface area contributed by atoms with Crippen LogP contribution in [0.3, 0.4) is 0 Å². The first-order chi connectivity index (χ1) is 2.27. The number of hydrogen-bond acceptors (Lipinski definition) is 1. The SMILES string of the molecule is CCC([S])=S. The Kier molecular flexibility index (Phi) is 2.70. The van der Waals surface area contributed by atoms with E-state index in [0.29, 0.717) is 4.20 Å². The van der Waals surface area contributed by atoms with Gasteiger partial charge in [0, 0.05) is 0 Å². The van der Waals surface area contributed by atoms with Gasteiger partial charge in [-0.2, -0.15) is 0 Å². The summed E-state index contributed by atoms with van der Waals surface area (Å²) in [5, 5.41) is 0. The van der Waals surface area contributed by atoms with Gasteiger partial charge >= 0.3 is 0 Å². The van der Waals surface area contributed by atoms with Gasteiger partial charge in [0.2, 0.25) is 0 Å². The van der Waals surface area contributed by atoms with Crippen molar-refractivity contribution in [3.8, 4) is 0 Å². The standard InChI is InChI=1S/C3H5S2/c1-2-3(4)5/h2H2,1H3. The summed E-state index contributed by atoms with van der Waals surface area (Å²) in [4.78, 5) is 0. The second-order valence-corrected chi connectivity index (χ2v) is 1.97. The van der Waals surface area contributed by atoms with Crippen LogP contribution in [0.1, 0.15) is 13.3 Å². The first-order valence-electron chi connectivity index (χ1n) is 1.47. The fourth-order valence-electron chi connectivity index (χ4n) is 0. The molecule has 2 heteroatoms. The van der Waals surface area contributed by atoms with Crippen molar-refractivity contribution in [3.63, 3.8) is 0 Å². The first kappa shape index (κ1) is 5.31. The predicted octanol–water partition coefficient (Wildman–Crippen LogP) is 1.92. The summed E-state index contributed by atoms with van der Waals surface area (Å²) in [5.74, 6) is 0. The van der Waals surface area contributed by atoms with E-state index in [4.69, 9.17) is 0 Å². The molecule has 0 saturated carbocycles. The zero-order valence-corrected chi connectivity index (χ0v) is 4.66. The third-order valence-corrected chi connectivity index (χ3v) is 0.866. The van der Waals surface area contributed by atoms with Gasteiger partial charge in [-0.3, -0.25) is 0 Å². The molecule has 0 aromatic rings. The fraction of sp³-hybridized carbons (Fsp3) is 0.667. The second-order valence-electron chi connectivity index (χ2n) is 0.726. The average molecular weight is 105 g/mol. The summed E-state index contributed by atoms with van der Waals surface area (Å²) in [7, 11) is 0. The van der Waals surface area contributed by atoms with E-state index in [1.807, 2.05) is 6.92 Å². The molecule has 29 valence electrons. The number of thiocarbonyl (C=S) groups is 1. The highest BCUT2D eigenvalue weighted by Gasteiger charge is 1.74. The van der Waals surface area contributed by atoms with Gasteiger partial charge in [-0.1, -0.05) is 31.8 Å². The molecule has 0 bridgehead atoms. The van der Waals surface area contributed by atoms with Gasteiger partial charge in [0.25, 0.3) is 0 Å². The van der Waals surface area contributed by atoms with Gasteiger partial charge in [-0.05, 0) is 6.42 Å². The van der Waals surface area contributed by atoms with Crippen LogP contribution in [0.15, 0.2) is 0 Å². The summed E-state index contributed by atoms with van der Waals surface area (Å²) < 4.78 is 0.671. The molecule has 0 fully saturated rings. The fourth-order valence-corrected chi connectivity index (χ4v) is 0. The van der Waals surface area contributed by atoms with Crippen LogP contribution in [0.2, 0.25) is 0 Å². The Balaban J connectivity index is 2.85. The minimum atomic E-state index is 0.671. The van der Waals surface area contributed by atoms with E-state index in [9.17, 15) is 0 Å². The molecule has 0 aliphatic rings. The molecule has 0 aromatic carbocycles. The molecule has 0 rings (SSSR count). The molecule has 0 aliphatic carbocycles. The minimum absolute atomic E-state index is 0.671. The Hall–Kier alpha value is 0.310. The molecule has 0 aliphatic heterocycles. The summed E-state index contributed by atoms with van der Waals surface area (Å²) in [6, 6.07) is 0. The Morgan fingerprint density at radius 1 is 1.80 bits per heavy atom. The Labute approximate surface area is 43.0 Å². The minimum Gasteiger partial charge on any atom is -0.0723 e. The van der Waals surface area contributed by atoms with Crippen LogP contribution in [0.25, 0.3) is 0 Å². The molecular formula is C3H5S2. The lowest BCUT2D eigenvalue weighted by atomic mass is 10.6. The van der Waals surface area contributed by atoms with Gasteiger partial charge in [0.05, 0.1) is 4.20 Å². The van der Waals surface area contributed by atoms with E-state index < -0.39 is 0 Å². The molecule has 0 nitrogen and oxygen atoms in total. The Bertz CT molecular complexity index is 40.2. The zero-order valence-electron chi connectivity index (χ0n) is 3.02. The predicted molar refractivity (Wildman–Crippen MR) is 30.5 cm³/mol. The lowest BCUT2D eigenvalue weighted by molar-refractivity contribution is 1.35. The summed E-state index contributed by atoms with van der Waals surface area (Å²) >= 11 is 9.02. The van der Waals surface area contributed by atoms with Crippen molar-refractivity contribution < 1.29 is 0 Å².